The molecule has 0 saturated carbocycles. The van der Waals surface area contributed by atoms with E-state index in [9.17, 15) is 14.0 Å². The molecule has 1 aromatic carbocycles. The number of rotatable bonds is 4. The first kappa shape index (κ1) is 19.1. The highest BCUT2D eigenvalue weighted by atomic mass is 19.1. The van der Waals surface area contributed by atoms with E-state index in [1.807, 2.05) is 7.05 Å². The summed E-state index contributed by atoms with van der Waals surface area (Å²) in [4.78, 5) is 27.3. The van der Waals surface area contributed by atoms with Crippen molar-refractivity contribution in [2.45, 2.75) is 26.4 Å². The monoisotopic (exact) mass is 395 g/mol. The van der Waals surface area contributed by atoms with E-state index in [0.717, 1.165) is 24.2 Å². The van der Waals surface area contributed by atoms with Crippen LogP contribution in [-0.4, -0.2) is 39.2 Å². The van der Waals surface area contributed by atoms with Crippen LogP contribution in [0, 0.1) is 12.7 Å². The Hall–Kier alpha value is -3.26. The molecule has 2 aromatic heterocycles. The van der Waals surface area contributed by atoms with Crippen LogP contribution in [0.25, 0.3) is 0 Å². The van der Waals surface area contributed by atoms with Crippen molar-refractivity contribution in [3.8, 4) is 0 Å². The van der Waals surface area contributed by atoms with Crippen LogP contribution in [0.2, 0.25) is 0 Å². The van der Waals surface area contributed by atoms with E-state index in [1.165, 1.54) is 16.7 Å². The molecule has 3 heterocycles. The number of aromatic nitrogens is 3. The van der Waals surface area contributed by atoms with E-state index in [1.54, 1.807) is 31.3 Å². The van der Waals surface area contributed by atoms with Gasteiger partial charge in [0.15, 0.2) is 5.69 Å². The van der Waals surface area contributed by atoms with Crippen molar-refractivity contribution < 1.29 is 9.18 Å². The Bertz CT molecular complexity index is 1130. The van der Waals surface area contributed by atoms with Gasteiger partial charge in [-0.2, -0.15) is 5.10 Å². The summed E-state index contributed by atoms with van der Waals surface area (Å²) in [6, 6.07) is 7.92. The van der Waals surface area contributed by atoms with Gasteiger partial charge in [-0.3, -0.25) is 14.7 Å². The lowest BCUT2D eigenvalue weighted by molar-refractivity contribution is 0.102. The zero-order chi connectivity index (χ0) is 20.5. The SMILES string of the molecule is Cc1cccn(Cc2c(F)cccc2NC(=O)c2n[nH]c3c2CN(C)CC3)c1=O. The third kappa shape index (κ3) is 3.71. The second kappa shape index (κ2) is 7.63. The number of nitrogens with one attached hydrogen (secondary N) is 2. The molecule has 0 atom stereocenters. The first-order valence-corrected chi connectivity index (χ1v) is 9.43. The number of pyridine rings is 1. The summed E-state index contributed by atoms with van der Waals surface area (Å²) in [7, 11) is 1.99. The number of hydrogen-bond acceptors (Lipinski definition) is 4. The largest absolute Gasteiger partial charge is 0.320 e. The van der Waals surface area contributed by atoms with Crippen LogP contribution < -0.4 is 10.9 Å². The molecule has 0 fully saturated rings. The van der Waals surface area contributed by atoms with Gasteiger partial charge in [0.2, 0.25) is 0 Å². The fourth-order valence-corrected chi connectivity index (χ4v) is 3.59. The van der Waals surface area contributed by atoms with Gasteiger partial charge in [0.1, 0.15) is 5.82 Å². The number of aryl methyl sites for hydroxylation is 1. The smallest absolute Gasteiger partial charge is 0.276 e. The van der Waals surface area contributed by atoms with Gasteiger partial charge in [0, 0.05) is 53.8 Å². The minimum Gasteiger partial charge on any atom is -0.320 e. The molecule has 1 aliphatic heterocycles. The maximum absolute atomic E-state index is 14.6. The summed E-state index contributed by atoms with van der Waals surface area (Å²) >= 11 is 0. The zero-order valence-corrected chi connectivity index (χ0v) is 16.3. The van der Waals surface area contributed by atoms with Crippen LogP contribution in [0.3, 0.4) is 0 Å². The van der Waals surface area contributed by atoms with Gasteiger partial charge in [-0.05, 0) is 32.2 Å². The molecule has 7 nitrogen and oxygen atoms in total. The van der Waals surface area contributed by atoms with Crippen LogP contribution in [-0.2, 0) is 19.5 Å². The summed E-state index contributed by atoms with van der Waals surface area (Å²) in [6.07, 6.45) is 2.40. The summed E-state index contributed by atoms with van der Waals surface area (Å²) in [6.45, 7) is 3.25. The molecule has 0 spiro atoms. The Morgan fingerprint density at radius 1 is 1.31 bits per heavy atom. The van der Waals surface area contributed by atoms with E-state index in [2.05, 4.69) is 20.4 Å². The molecule has 8 heteroatoms. The first-order chi connectivity index (χ1) is 13.9. The lowest BCUT2D eigenvalue weighted by atomic mass is 10.1. The van der Waals surface area contributed by atoms with Crippen LogP contribution in [0.1, 0.15) is 32.9 Å². The standard InChI is InChI=1S/C21H22FN5O2/c1-13-5-4-9-27(21(13)29)12-14-16(22)6-3-7-17(14)23-20(28)19-15-11-26(2)10-8-18(15)24-25-19/h3-7,9H,8,10-12H2,1-2H3,(H,23,28)(H,24,25). The second-order valence-electron chi connectivity index (χ2n) is 7.36. The molecule has 4 rings (SSSR count). The number of nitrogens with zero attached hydrogens (tertiary/aromatic N) is 3. The molecular formula is C21H22FN5O2. The lowest BCUT2D eigenvalue weighted by Crippen LogP contribution is -2.28. The Labute approximate surface area is 167 Å². The normalized spacial score (nSPS) is 13.9. The third-order valence-electron chi connectivity index (χ3n) is 5.25. The molecule has 0 saturated heterocycles. The van der Waals surface area contributed by atoms with Crippen molar-refractivity contribution in [2.24, 2.45) is 0 Å². The third-order valence-corrected chi connectivity index (χ3v) is 5.25. The van der Waals surface area contributed by atoms with Crippen molar-refractivity contribution in [1.82, 2.24) is 19.7 Å². The number of halogens is 1. The lowest BCUT2D eigenvalue weighted by Gasteiger charge is -2.22. The Morgan fingerprint density at radius 3 is 2.97 bits per heavy atom. The fraction of sp³-hybridized carbons (Fsp3) is 0.286. The average Bonchev–Trinajstić information content (AvgIpc) is 3.11. The average molecular weight is 395 g/mol. The van der Waals surface area contributed by atoms with Gasteiger partial charge in [0.05, 0.1) is 6.54 Å². The maximum atomic E-state index is 14.6. The number of amides is 1. The van der Waals surface area contributed by atoms with Gasteiger partial charge in [-0.25, -0.2) is 4.39 Å². The number of fused-ring (bicyclic) bond motifs is 1. The molecule has 0 aliphatic carbocycles. The van der Waals surface area contributed by atoms with Crippen molar-refractivity contribution in [3.63, 3.8) is 0 Å². The number of benzene rings is 1. The van der Waals surface area contributed by atoms with Crippen molar-refractivity contribution in [1.29, 1.82) is 0 Å². The number of likely N-dealkylation sites (N-methyl/N-ethyl adjacent to an activating group) is 1. The molecule has 3 aromatic rings. The Balaban J connectivity index is 1.64. The summed E-state index contributed by atoms with van der Waals surface area (Å²) in [5, 5.41) is 9.89. The van der Waals surface area contributed by atoms with Gasteiger partial charge in [0.25, 0.3) is 11.5 Å². The summed E-state index contributed by atoms with van der Waals surface area (Å²) < 4.78 is 16.0. The van der Waals surface area contributed by atoms with Crippen LogP contribution in [0.15, 0.2) is 41.3 Å². The fourth-order valence-electron chi connectivity index (χ4n) is 3.59. The number of aromatic amines is 1. The molecule has 0 radical (unpaired) electrons. The van der Waals surface area contributed by atoms with Crippen molar-refractivity contribution in [2.75, 3.05) is 18.9 Å². The minimum atomic E-state index is -0.486. The second-order valence-corrected chi connectivity index (χ2v) is 7.36. The molecule has 1 amide bonds. The van der Waals surface area contributed by atoms with Crippen molar-refractivity contribution >= 4 is 11.6 Å². The first-order valence-electron chi connectivity index (χ1n) is 9.43. The van der Waals surface area contributed by atoms with E-state index >= 15 is 0 Å². The van der Waals surface area contributed by atoms with Crippen molar-refractivity contribution in [3.05, 3.63) is 80.8 Å². The minimum absolute atomic E-state index is 0.0181. The summed E-state index contributed by atoms with van der Waals surface area (Å²) in [5.41, 5.74) is 3.08. The van der Waals surface area contributed by atoms with E-state index in [0.29, 0.717) is 23.5 Å². The number of hydrogen-bond donors (Lipinski definition) is 2. The highest BCUT2D eigenvalue weighted by Crippen LogP contribution is 2.23. The van der Waals surface area contributed by atoms with Crippen LogP contribution in [0.5, 0.6) is 0 Å². The highest BCUT2D eigenvalue weighted by Gasteiger charge is 2.24. The number of carbonyl (C=O) groups is 1. The molecule has 0 bridgehead atoms. The molecule has 0 unspecified atom stereocenters. The molecule has 1 aliphatic rings. The maximum Gasteiger partial charge on any atom is 0.276 e. The Morgan fingerprint density at radius 2 is 2.14 bits per heavy atom. The predicted molar refractivity (Wildman–Crippen MR) is 108 cm³/mol. The topological polar surface area (TPSA) is 83.0 Å². The predicted octanol–water partition coefficient (Wildman–Crippen LogP) is 2.31. The molecular weight excluding hydrogens is 373 g/mol. The molecule has 29 heavy (non-hydrogen) atoms. The van der Waals surface area contributed by atoms with Gasteiger partial charge in [-0.1, -0.05) is 12.1 Å². The van der Waals surface area contributed by atoms with E-state index in [-0.39, 0.29) is 17.7 Å². The number of carbonyl (C=O) groups excluding carboxylic acids is 1. The van der Waals surface area contributed by atoms with Crippen LogP contribution in [0.4, 0.5) is 10.1 Å². The molecule has 2 N–H and O–H groups in total. The van der Waals surface area contributed by atoms with Gasteiger partial charge in [-0.15, -0.1) is 0 Å². The zero-order valence-electron chi connectivity index (χ0n) is 16.3. The van der Waals surface area contributed by atoms with Crippen LogP contribution >= 0.6 is 0 Å². The summed E-state index contributed by atoms with van der Waals surface area (Å²) in [5.74, 6) is -0.888. The van der Waals surface area contributed by atoms with Gasteiger partial charge >= 0.3 is 0 Å². The Kier molecular flexibility index (Phi) is 5.02. The van der Waals surface area contributed by atoms with E-state index in [4.69, 9.17) is 0 Å². The van der Waals surface area contributed by atoms with Gasteiger partial charge < -0.3 is 14.8 Å². The number of H-pyrrole nitrogens is 1. The number of anilines is 1. The quantitative estimate of drug-likeness (QED) is 0.710. The van der Waals surface area contributed by atoms with E-state index < -0.39 is 11.7 Å². The highest BCUT2D eigenvalue weighted by molar-refractivity contribution is 6.04. The molecule has 150 valence electrons.